The molecule has 2 heterocycles. The van der Waals surface area contributed by atoms with Crippen molar-refractivity contribution in [3.8, 4) is 5.95 Å². The van der Waals surface area contributed by atoms with Crippen LogP contribution in [0.15, 0.2) is 35.1 Å². The molecular formula is C18H16FN5O2. The van der Waals surface area contributed by atoms with Crippen LogP contribution >= 0.6 is 0 Å². The van der Waals surface area contributed by atoms with Crippen molar-refractivity contribution in [1.82, 2.24) is 19.7 Å². The van der Waals surface area contributed by atoms with Crippen LogP contribution in [-0.4, -0.2) is 25.7 Å². The Morgan fingerprint density at radius 2 is 2.04 bits per heavy atom. The molecule has 3 aromatic rings. The van der Waals surface area contributed by atoms with Crippen molar-refractivity contribution >= 4 is 11.7 Å². The smallest absolute Gasteiger partial charge is 0.256 e. The number of aryl methyl sites for hydroxylation is 2. The van der Waals surface area contributed by atoms with E-state index in [1.165, 1.54) is 28.9 Å². The molecule has 0 saturated heterocycles. The number of aromatic amines is 1. The zero-order valence-electron chi connectivity index (χ0n) is 14.0. The molecule has 26 heavy (non-hydrogen) atoms. The van der Waals surface area contributed by atoms with Gasteiger partial charge in [-0.25, -0.2) is 9.37 Å². The van der Waals surface area contributed by atoms with E-state index in [2.05, 4.69) is 20.4 Å². The summed E-state index contributed by atoms with van der Waals surface area (Å²) in [4.78, 5) is 31.9. The molecule has 132 valence electrons. The molecule has 0 radical (unpaired) electrons. The average Bonchev–Trinajstić information content (AvgIpc) is 3.22. The number of aromatic nitrogens is 4. The third-order valence-electron chi connectivity index (χ3n) is 4.31. The first-order chi connectivity index (χ1) is 12.5. The Kier molecular flexibility index (Phi) is 3.87. The van der Waals surface area contributed by atoms with Crippen molar-refractivity contribution in [2.75, 3.05) is 5.32 Å². The maximum Gasteiger partial charge on any atom is 0.256 e. The molecule has 1 aliphatic rings. The van der Waals surface area contributed by atoms with Crippen LogP contribution in [0.4, 0.5) is 10.2 Å². The van der Waals surface area contributed by atoms with Crippen LogP contribution in [0.3, 0.4) is 0 Å². The summed E-state index contributed by atoms with van der Waals surface area (Å²) in [5.74, 6) is -0.187. The number of nitrogens with zero attached hydrogens (tertiary/aromatic N) is 3. The van der Waals surface area contributed by atoms with Gasteiger partial charge in [-0.1, -0.05) is 0 Å². The van der Waals surface area contributed by atoms with E-state index in [0.29, 0.717) is 17.1 Å². The predicted molar refractivity (Wildman–Crippen MR) is 93.1 cm³/mol. The van der Waals surface area contributed by atoms with Gasteiger partial charge in [0.1, 0.15) is 11.6 Å². The molecule has 7 nitrogen and oxygen atoms in total. The lowest BCUT2D eigenvalue weighted by molar-refractivity contribution is 0.102. The molecule has 1 amide bonds. The molecule has 1 aromatic carbocycles. The van der Waals surface area contributed by atoms with Gasteiger partial charge in [0, 0.05) is 17.2 Å². The highest BCUT2D eigenvalue weighted by molar-refractivity contribution is 6.03. The number of benzene rings is 1. The van der Waals surface area contributed by atoms with Crippen LogP contribution in [0.2, 0.25) is 0 Å². The predicted octanol–water partition coefficient (Wildman–Crippen LogP) is 2.14. The standard InChI is InChI=1S/C18H16FN5O2/c1-10-9-15(21-16(25)11-5-7-12(19)8-6-11)24(23-10)18-20-14-4-2-3-13(14)17(26)22-18/h5-9H,2-4H2,1H3,(H,21,25)(H,20,22,26). The van der Waals surface area contributed by atoms with Crippen molar-refractivity contribution in [3.05, 3.63) is 69.0 Å². The van der Waals surface area contributed by atoms with E-state index in [4.69, 9.17) is 0 Å². The fourth-order valence-electron chi connectivity index (χ4n) is 3.07. The summed E-state index contributed by atoms with van der Waals surface area (Å²) < 4.78 is 14.4. The Labute approximate surface area is 147 Å². The van der Waals surface area contributed by atoms with Crippen molar-refractivity contribution in [3.63, 3.8) is 0 Å². The van der Waals surface area contributed by atoms with E-state index in [1.54, 1.807) is 13.0 Å². The number of halogens is 1. The summed E-state index contributed by atoms with van der Waals surface area (Å²) >= 11 is 0. The first-order valence-electron chi connectivity index (χ1n) is 8.27. The zero-order valence-corrected chi connectivity index (χ0v) is 14.0. The molecule has 8 heteroatoms. The highest BCUT2D eigenvalue weighted by atomic mass is 19.1. The summed E-state index contributed by atoms with van der Waals surface area (Å²) in [6.45, 7) is 1.77. The van der Waals surface area contributed by atoms with Gasteiger partial charge in [-0.3, -0.25) is 14.6 Å². The van der Waals surface area contributed by atoms with Crippen LogP contribution in [-0.2, 0) is 12.8 Å². The summed E-state index contributed by atoms with van der Waals surface area (Å²) in [6.07, 6.45) is 2.38. The molecule has 2 aromatic heterocycles. The van der Waals surface area contributed by atoms with Gasteiger partial charge < -0.3 is 5.32 Å². The second-order valence-electron chi connectivity index (χ2n) is 6.21. The second kappa shape index (κ2) is 6.21. The van der Waals surface area contributed by atoms with Crippen LogP contribution in [0, 0.1) is 12.7 Å². The minimum absolute atomic E-state index is 0.175. The number of anilines is 1. The highest BCUT2D eigenvalue weighted by Gasteiger charge is 2.20. The van der Waals surface area contributed by atoms with E-state index in [-0.39, 0.29) is 11.5 Å². The number of fused-ring (bicyclic) bond motifs is 1. The Balaban J connectivity index is 1.69. The third-order valence-corrected chi connectivity index (χ3v) is 4.31. The second-order valence-corrected chi connectivity index (χ2v) is 6.21. The van der Waals surface area contributed by atoms with Crippen LogP contribution in [0.5, 0.6) is 0 Å². The Morgan fingerprint density at radius 3 is 2.81 bits per heavy atom. The summed E-state index contributed by atoms with van der Waals surface area (Å²) in [5, 5.41) is 7.05. The van der Waals surface area contributed by atoms with E-state index in [1.807, 2.05) is 0 Å². The van der Waals surface area contributed by atoms with Gasteiger partial charge >= 0.3 is 0 Å². The number of H-pyrrole nitrogens is 1. The van der Waals surface area contributed by atoms with Gasteiger partial charge in [0.25, 0.3) is 11.5 Å². The number of carbonyl (C=O) groups is 1. The lowest BCUT2D eigenvalue weighted by Crippen LogP contribution is -2.21. The van der Waals surface area contributed by atoms with Gasteiger partial charge in [0.05, 0.1) is 11.4 Å². The lowest BCUT2D eigenvalue weighted by Gasteiger charge is -2.09. The topological polar surface area (TPSA) is 92.7 Å². The normalized spacial score (nSPS) is 12.8. The average molecular weight is 353 g/mol. The van der Waals surface area contributed by atoms with Gasteiger partial charge in [0.15, 0.2) is 0 Å². The molecule has 0 fully saturated rings. The van der Waals surface area contributed by atoms with E-state index >= 15 is 0 Å². The molecule has 0 spiro atoms. The minimum atomic E-state index is -0.414. The van der Waals surface area contributed by atoms with Gasteiger partial charge in [-0.2, -0.15) is 9.78 Å². The molecular weight excluding hydrogens is 337 g/mol. The van der Waals surface area contributed by atoms with Crippen LogP contribution in [0.25, 0.3) is 5.95 Å². The van der Waals surface area contributed by atoms with Crippen molar-refractivity contribution in [2.24, 2.45) is 0 Å². The largest absolute Gasteiger partial charge is 0.306 e. The fraction of sp³-hybridized carbons (Fsp3) is 0.222. The number of amides is 1. The molecule has 0 saturated carbocycles. The molecule has 1 aliphatic carbocycles. The van der Waals surface area contributed by atoms with Gasteiger partial charge in [-0.15, -0.1) is 0 Å². The molecule has 0 unspecified atom stereocenters. The van der Waals surface area contributed by atoms with E-state index in [0.717, 1.165) is 30.5 Å². The van der Waals surface area contributed by atoms with Crippen molar-refractivity contribution < 1.29 is 9.18 Å². The molecule has 4 rings (SSSR count). The van der Waals surface area contributed by atoms with Gasteiger partial charge in [0.2, 0.25) is 5.95 Å². The number of carbonyl (C=O) groups excluding carboxylic acids is 1. The third kappa shape index (κ3) is 2.90. The number of nitrogens with one attached hydrogen (secondary N) is 2. The Hall–Kier alpha value is -3.29. The summed E-state index contributed by atoms with van der Waals surface area (Å²) in [5.41, 5.74) is 2.28. The summed E-state index contributed by atoms with van der Waals surface area (Å²) in [6, 6.07) is 6.91. The van der Waals surface area contributed by atoms with Crippen LogP contribution < -0.4 is 10.9 Å². The van der Waals surface area contributed by atoms with E-state index in [9.17, 15) is 14.0 Å². The SMILES string of the molecule is Cc1cc(NC(=O)c2ccc(F)cc2)n(-c2nc3c(c(=O)[nH]2)CCC3)n1. The Bertz CT molecular complexity index is 1050. The van der Waals surface area contributed by atoms with E-state index < -0.39 is 11.7 Å². The molecule has 0 aliphatic heterocycles. The first kappa shape index (κ1) is 16.2. The maximum absolute atomic E-state index is 13.0. The maximum atomic E-state index is 13.0. The van der Waals surface area contributed by atoms with Crippen LogP contribution in [0.1, 0.15) is 33.7 Å². The van der Waals surface area contributed by atoms with Crippen molar-refractivity contribution in [2.45, 2.75) is 26.2 Å². The molecule has 0 bridgehead atoms. The monoisotopic (exact) mass is 353 g/mol. The quantitative estimate of drug-likeness (QED) is 0.754. The Morgan fingerprint density at radius 1 is 1.27 bits per heavy atom. The molecule has 0 atom stereocenters. The van der Waals surface area contributed by atoms with Crippen molar-refractivity contribution in [1.29, 1.82) is 0 Å². The number of rotatable bonds is 3. The first-order valence-corrected chi connectivity index (χ1v) is 8.27. The zero-order chi connectivity index (χ0) is 18.3. The summed E-state index contributed by atoms with van der Waals surface area (Å²) in [7, 11) is 0. The highest BCUT2D eigenvalue weighted by Crippen LogP contribution is 2.19. The van der Waals surface area contributed by atoms with Gasteiger partial charge in [-0.05, 0) is 50.5 Å². The lowest BCUT2D eigenvalue weighted by atomic mass is 10.2. The fourth-order valence-corrected chi connectivity index (χ4v) is 3.07. The minimum Gasteiger partial charge on any atom is -0.306 e. The number of hydrogen-bond acceptors (Lipinski definition) is 4. The molecule has 2 N–H and O–H groups in total. The number of hydrogen-bond donors (Lipinski definition) is 2.